The molecule has 380 valence electrons. The zero-order chi connectivity index (χ0) is 51.3. The number of ketones is 4. The van der Waals surface area contributed by atoms with E-state index in [1.807, 2.05) is 79.7 Å². The Hall–Kier alpha value is -4.72. The molecule has 0 heterocycles. The number of rotatable bonds is 16. The molecule has 4 aliphatic rings. The van der Waals surface area contributed by atoms with E-state index in [-0.39, 0.29) is 68.6 Å². The lowest BCUT2D eigenvalue weighted by Gasteiger charge is -2.42. The zero-order valence-corrected chi connectivity index (χ0v) is 43.4. The number of halogens is 4. The van der Waals surface area contributed by atoms with Crippen molar-refractivity contribution >= 4 is 23.1 Å². The molecule has 0 unspecified atom stereocenters. The molecule has 0 aliphatic heterocycles. The molecular formula is C62H80F4O4. The highest BCUT2D eigenvalue weighted by Crippen LogP contribution is 2.51. The molecule has 70 heavy (non-hydrogen) atoms. The Labute approximate surface area is 417 Å². The summed E-state index contributed by atoms with van der Waals surface area (Å²) >= 11 is 0. The predicted octanol–water partition coefficient (Wildman–Crippen LogP) is 15.8. The Morgan fingerprint density at radius 1 is 0.314 bits per heavy atom. The van der Waals surface area contributed by atoms with Crippen LogP contribution in [0.2, 0.25) is 0 Å². The molecule has 8 rings (SSSR count). The lowest BCUT2D eigenvalue weighted by atomic mass is 9.61. The van der Waals surface area contributed by atoms with E-state index in [0.717, 1.165) is 131 Å². The fraction of sp³-hybridized carbons (Fsp3) is 0.548. The molecule has 8 heteroatoms. The summed E-state index contributed by atoms with van der Waals surface area (Å²) in [7, 11) is 0. The van der Waals surface area contributed by atoms with Gasteiger partial charge in [-0.1, -0.05) is 142 Å². The first-order valence-electron chi connectivity index (χ1n) is 26.3. The van der Waals surface area contributed by atoms with E-state index in [9.17, 15) is 36.7 Å². The smallest absolute Gasteiger partial charge is 0.141 e. The third kappa shape index (κ3) is 15.2. The molecule has 4 aromatic rings. The molecule has 4 aromatic carbocycles. The average Bonchev–Trinajstić information content (AvgIpc) is 3.96. The second kappa shape index (κ2) is 25.1. The van der Waals surface area contributed by atoms with Gasteiger partial charge in [-0.3, -0.25) is 19.2 Å². The SMILES string of the molecule is CC(C)C(=O)C1(Cc2ccc(F)cc2)CC1.CC(C)C(=O)C1(Cc2ccc(F)cc2)CCC1.CC(C)C(=O)C1(Cc2ccc(F)cc2)CCCC1.CC(C)C(=O)C1(Cc2ccc(F)cc2)CCCCC1. The second-order valence-electron chi connectivity index (χ2n) is 22.5. The van der Waals surface area contributed by atoms with Crippen LogP contribution in [0.4, 0.5) is 17.6 Å². The van der Waals surface area contributed by atoms with Gasteiger partial charge in [-0.25, -0.2) is 17.6 Å². The molecule has 4 nitrogen and oxygen atoms in total. The monoisotopic (exact) mass is 965 g/mol. The molecule has 0 spiro atoms. The van der Waals surface area contributed by atoms with Gasteiger partial charge in [0.15, 0.2) is 0 Å². The fourth-order valence-electron chi connectivity index (χ4n) is 11.5. The Kier molecular flexibility index (Phi) is 20.1. The third-order valence-corrected chi connectivity index (χ3v) is 15.5. The highest BCUT2D eigenvalue weighted by molar-refractivity contribution is 5.89. The number of hydrogen-bond acceptors (Lipinski definition) is 4. The van der Waals surface area contributed by atoms with Crippen LogP contribution in [0.15, 0.2) is 97.1 Å². The Balaban J connectivity index is 0.000000174. The van der Waals surface area contributed by atoms with Crippen LogP contribution in [0.3, 0.4) is 0 Å². The van der Waals surface area contributed by atoms with Gasteiger partial charge in [0.25, 0.3) is 0 Å². The van der Waals surface area contributed by atoms with Crippen molar-refractivity contribution in [3.63, 3.8) is 0 Å². The summed E-state index contributed by atoms with van der Waals surface area (Å²) in [6.45, 7) is 15.8. The van der Waals surface area contributed by atoms with Crippen molar-refractivity contribution < 1.29 is 36.7 Å². The first-order valence-corrected chi connectivity index (χ1v) is 26.3. The van der Waals surface area contributed by atoms with Crippen LogP contribution in [0.5, 0.6) is 0 Å². The summed E-state index contributed by atoms with van der Waals surface area (Å²) in [5.74, 6) is 0.993. The number of hydrogen-bond donors (Lipinski definition) is 0. The maximum Gasteiger partial charge on any atom is 0.141 e. The van der Waals surface area contributed by atoms with Gasteiger partial charge >= 0.3 is 0 Å². The molecule has 0 bridgehead atoms. The summed E-state index contributed by atoms with van der Waals surface area (Å²) in [6, 6.07) is 26.2. The predicted molar refractivity (Wildman–Crippen MR) is 274 cm³/mol. The fourth-order valence-corrected chi connectivity index (χ4v) is 11.5. The minimum Gasteiger partial charge on any atom is -0.299 e. The third-order valence-electron chi connectivity index (χ3n) is 15.5. The quantitative estimate of drug-likeness (QED) is 0.105. The van der Waals surface area contributed by atoms with Crippen molar-refractivity contribution in [1.29, 1.82) is 0 Å². The van der Waals surface area contributed by atoms with Crippen molar-refractivity contribution in [1.82, 2.24) is 0 Å². The van der Waals surface area contributed by atoms with Crippen molar-refractivity contribution in [3.8, 4) is 0 Å². The van der Waals surface area contributed by atoms with Crippen molar-refractivity contribution in [3.05, 3.63) is 143 Å². The van der Waals surface area contributed by atoms with Crippen LogP contribution in [0, 0.1) is 68.6 Å². The van der Waals surface area contributed by atoms with Crippen LogP contribution in [-0.4, -0.2) is 23.1 Å². The van der Waals surface area contributed by atoms with Gasteiger partial charge in [0.2, 0.25) is 0 Å². The van der Waals surface area contributed by atoms with Gasteiger partial charge < -0.3 is 0 Å². The number of carbonyl (C=O) groups excluding carboxylic acids is 4. The van der Waals surface area contributed by atoms with Gasteiger partial charge in [-0.15, -0.1) is 0 Å². The summed E-state index contributed by atoms with van der Waals surface area (Å²) in [6.07, 6.45) is 17.9. The average molecular weight is 965 g/mol. The van der Waals surface area contributed by atoms with Gasteiger partial charge in [0, 0.05) is 45.3 Å². The maximum absolute atomic E-state index is 13.0. The standard InChI is InChI=1S/C17H23FO.C16H21FO.C15H19FO.C14H17FO/c1-13(2)16(19)17(10-4-3-5-11-17)12-14-6-8-15(18)9-7-14;1-12(2)15(18)16(9-3-4-10-16)11-13-5-7-14(17)8-6-13;1-11(2)14(17)15(8-3-9-15)10-12-4-6-13(16)7-5-12;1-10(2)13(16)14(7-8-14)9-11-3-5-12(15)6-4-11/h6-9,13H,3-5,10-12H2,1-2H3;5-8,12H,3-4,9-11H2,1-2H3;4-7,11H,3,8-10H2,1-2H3;3-6,10H,7-9H2,1-2H3. The van der Waals surface area contributed by atoms with E-state index in [1.54, 1.807) is 24.3 Å². The molecule has 4 saturated carbocycles. The van der Waals surface area contributed by atoms with Crippen molar-refractivity contribution in [2.75, 3.05) is 0 Å². The van der Waals surface area contributed by atoms with Crippen LogP contribution >= 0.6 is 0 Å². The maximum atomic E-state index is 13.0. The Morgan fingerprint density at radius 2 is 0.500 bits per heavy atom. The van der Waals surface area contributed by atoms with E-state index >= 15 is 0 Å². The summed E-state index contributed by atoms with van der Waals surface area (Å²) in [4.78, 5) is 49.3. The first kappa shape index (κ1) is 56.2. The minimum absolute atomic E-state index is 0.0820. The zero-order valence-electron chi connectivity index (χ0n) is 43.4. The van der Waals surface area contributed by atoms with E-state index in [0.29, 0.717) is 23.1 Å². The topological polar surface area (TPSA) is 68.3 Å². The van der Waals surface area contributed by atoms with Crippen LogP contribution in [-0.2, 0) is 44.9 Å². The molecule has 0 aromatic heterocycles. The van der Waals surface area contributed by atoms with E-state index in [2.05, 4.69) is 0 Å². The van der Waals surface area contributed by atoms with E-state index < -0.39 is 0 Å². The number of benzene rings is 4. The largest absolute Gasteiger partial charge is 0.299 e. The molecular weight excluding hydrogens is 885 g/mol. The molecule has 0 saturated heterocycles. The molecule has 0 atom stereocenters. The van der Waals surface area contributed by atoms with Crippen molar-refractivity contribution in [2.45, 2.75) is 171 Å². The molecule has 4 fully saturated rings. The molecule has 4 aliphatic carbocycles. The van der Waals surface area contributed by atoms with Gasteiger partial charge in [-0.05, 0) is 148 Å². The molecule has 0 amide bonds. The van der Waals surface area contributed by atoms with E-state index in [4.69, 9.17) is 0 Å². The number of carbonyl (C=O) groups is 4. The second-order valence-corrected chi connectivity index (χ2v) is 22.5. The Bertz CT molecular complexity index is 2290. The van der Waals surface area contributed by atoms with Gasteiger partial charge in [0.1, 0.15) is 46.4 Å². The lowest BCUT2D eigenvalue weighted by Crippen LogP contribution is -2.42. The van der Waals surface area contributed by atoms with Gasteiger partial charge in [-0.2, -0.15) is 0 Å². The van der Waals surface area contributed by atoms with Crippen LogP contribution in [0.1, 0.15) is 168 Å². The molecule has 0 N–H and O–H groups in total. The molecule has 0 radical (unpaired) electrons. The summed E-state index contributed by atoms with van der Waals surface area (Å²) < 4.78 is 51.5. The normalized spacial score (nSPS) is 18.1. The Morgan fingerprint density at radius 3 is 0.671 bits per heavy atom. The lowest BCUT2D eigenvalue weighted by molar-refractivity contribution is -0.137. The van der Waals surface area contributed by atoms with Crippen LogP contribution < -0.4 is 0 Å². The van der Waals surface area contributed by atoms with Crippen LogP contribution in [0.25, 0.3) is 0 Å². The highest BCUT2D eigenvalue weighted by atomic mass is 19.1. The van der Waals surface area contributed by atoms with Gasteiger partial charge in [0.05, 0.1) is 0 Å². The number of Topliss-reactive ketones (excluding diaryl/α,β-unsaturated/α-hetero) is 4. The highest BCUT2D eigenvalue weighted by Gasteiger charge is 2.50. The van der Waals surface area contributed by atoms with Crippen molar-refractivity contribution in [2.24, 2.45) is 45.3 Å². The first-order chi connectivity index (χ1) is 33.1. The van der Waals surface area contributed by atoms with E-state index in [1.165, 1.54) is 55.0 Å². The minimum atomic E-state index is -0.219. The summed E-state index contributed by atoms with van der Waals surface area (Å²) in [5, 5.41) is 0. The summed E-state index contributed by atoms with van der Waals surface area (Å²) in [5.41, 5.74) is 3.60.